The molecular weight excluding hydrogens is 162 g/mol. The van der Waals surface area contributed by atoms with Crippen LogP contribution >= 0.6 is 0 Å². The minimum Gasteiger partial charge on any atom is -0.335 e. The summed E-state index contributed by atoms with van der Waals surface area (Å²) in [5.41, 5.74) is 8.49. The van der Waals surface area contributed by atoms with Crippen molar-refractivity contribution in [1.29, 1.82) is 0 Å². The maximum Gasteiger partial charge on any atom is 0.110 e. The predicted octanol–water partition coefficient (Wildman–Crippen LogP) is 0.798. The third-order valence-electron chi connectivity index (χ3n) is 2.72. The number of rotatable bonds is 2. The van der Waals surface area contributed by atoms with Crippen LogP contribution in [0.25, 0.3) is 0 Å². The quantitative estimate of drug-likeness (QED) is 0.729. The van der Waals surface area contributed by atoms with E-state index in [1.807, 2.05) is 6.92 Å². The van der Waals surface area contributed by atoms with Crippen LogP contribution < -0.4 is 5.73 Å². The van der Waals surface area contributed by atoms with Gasteiger partial charge in [0.05, 0.1) is 5.69 Å². The molecule has 72 valence electrons. The first-order valence-corrected chi connectivity index (χ1v) is 4.97. The molecule has 1 aromatic rings. The molecule has 2 N–H and O–H groups in total. The monoisotopic (exact) mass is 179 g/mol. The van der Waals surface area contributed by atoms with Gasteiger partial charge < -0.3 is 10.3 Å². The van der Waals surface area contributed by atoms with Gasteiger partial charge in [0.1, 0.15) is 5.82 Å². The largest absolute Gasteiger partial charge is 0.335 e. The van der Waals surface area contributed by atoms with Gasteiger partial charge >= 0.3 is 0 Å². The normalized spacial score (nSPS) is 17.5. The van der Waals surface area contributed by atoms with Crippen molar-refractivity contribution in [2.24, 2.45) is 12.8 Å². The average Bonchev–Trinajstić information content (AvgIpc) is 2.56. The molecule has 1 aliphatic rings. The molecule has 1 unspecified atom stereocenters. The molecular formula is C10H17N3. The molecule has 0 amide bonds. The van der Waals surface area contributed by atoms with Crippen LogP contribution in [0.5, 0.6) is 0 Å². The van der Waals surface area contributed by atoms with E-state index in [4.69, 9.17) is 5.73 Å². The highest BCUT2D eigenvalue weighted by Gasteiger charge is 2.19. The summed E-state index contributed by atoms with van der Waals surface area (Å²) in [6.45, 7) is 2.03. The maximum atomic E-state index is 5.76. The topological polar surface area (TPSA) is 43.8 Å². The van der Waals surface area contributed by atoms with Crippen LogP contribution in [-0.4, -0.2) is 15.6 Å². The van der Waals surface area contributed by atoms with Gasteiger partial charge in [-0.15, -0.1) is 0 Å². The van der Waals surface area contributed by atoms with Crippen molar-refractivity contribution in [3.8, 4) is 0 Å². The molecule has 2 rings (SSSR count). The van der Waals surface area contributed by atoms with Crippen molar-refractivity contribution in [3.05, 3.63) is 17.2 Å². The van der Waals surface area contributed by atoms with Crippen molar-refractivity contribution in [1.82, 2.24) is 9.55 Å². The van der Waals surface area contributed by atoms with Crippen LogP contribution in [0.15, 0.2) is 0 Å². The highest BCUT2D eigenvalue weighted by molar-refractivity contribution is 5.22. The lowest BCUT2D eigenvalue weighted by molar-refractivity contribution is 0.654. The Hall–Kier alpha value is -0.830. The Kier molecular flexibility index (Phi) is 2.12. The van der Waals surface area contributed by atoms with Crippen LogP contribution in [0.4, 0.5) is 0 Å². The Morgan fingerprint density at radius 3 is 2.92 bits per heavy atom. The van der Waals surface area contributed by atoms with E-state index in [2.05, 4.69) is 16.6 Å². The zero-order valence-electron chi connectivity index (χ0n) is 8.38. The van der Waals surface area contributed by atoms with Gasteiger partial charge in [0.2, 0.25) is 0 Å². The summed E-state index contributed by atoms with van der Waals surface area (Å²) in [6.07, 6.45) is 4.51. The number of imidazole rings is 1. The van der Waals surface area contributed by atoms with Crippen molar-refractivity contribution < 1.29 is 0 Å². The molecule has 3 heteroatoms. The van der Waals surface area contributed by atoms with Gasteiger partial charge in [0.25, 0.3) is 0 Å². The zero-order chi connectivity index (χ0) is 9.42. The fourth-order valence-electron chi connectivity index (χ4n) is 2.05. The molecule has 0 spiro atoms. The second-order valence-corrected chi connectivity index (χ2v) is 4.02. The molecule has 0 aliphatic heterocycles. The zero-order valence-corrected chi connectivity index (χ0v) is 8.38. The van der Waals surface area contributed by atoms with Crippen LogP contribution in [0.2, 0.25) is 0 Å². The number of hydrogen-bond acceptors (Lipinski definition) is 2. The Labute approximate surface area is 79.0 Å². The van der Waals surface area contributed by atoms with Crippen molar-refractivity contribution in [2.75, 3.05) is 0 Å². The minimum absolute atomic E-state index is 0.209. The van der Waals surface area contributed by atoms with Gasteiger partial charge in [0.15, 0.2) is 0 Å². The average molecular weight is 179 g/mol. The Morgan fingerprint density at radius 2 is 2.31 bits per heavy atom. The van der Waals surface area contributed by atoms with Crippen molar-refractivity contribution in [2.45, 2.75) is 38.6 Å². The second-order valence-electron chi connectivity index (χ2n) is 4.02. The number of nitrogens with two attached hydrogens (primary N) is 1. The number of aromatic nitrogens is 2. The molecule has 1 heterocycles. The summed E-state index contributed by atoms with van der Waals surface area (Å²) in [7, 11) is 2.11. The van der Waals surface area contributed by atoms with Gasteiger partial charge in [-0.3, -0.25) is 0 Å². The van der Waals surface area contributed by atoms with E-state index in [1.165, 1.54) is 24.2 Å². The number of hydrogen-bond donors (Lipinski definition) is 1. The first-order chi connectivity index (χ1) is 6.18. The molecule has 1 aromatic heterocycles. The lowest BCUT2D eigenvalue weighted by Gasteiger charge is -2.06. The molecule has 0 saturated carbocycles. The standard InChI is InChI=1S/C10H17N3/c1-7(11)6-10-12-8-4-3-5-9(8)13(10)2/h7H,3-6,11H2,1-2H3. The minimum atomic E-state index is 0.209. The van der Waals surface area contributed by atoms with E-state index in [0.29, 0.717) is 0 Å². The van der Waals surface area contributed by atoms with E-state index in [0.717, 1.165) is 18.7 Å². The number of aryl methyl sites for hydroxylation is 1. The summed E-state index contributed by atoms with van der Waals surface area (Å²) in [5, 5.41) is 0. The highest BCUT2D eigenvalue weighted by atomic mass is 15.1. The molecule has 0 saturated heterocycles. The van der Waals surface area contributed by atoms with Gasteiger partial charge in [-0.2, -0.15) is 0 Å². The third-order valence-corrected chi connectivity index (χ3v) is 2.72. The van der Waals surface area contributed by atoms with E-state index in [9.17, 15) is 0 Å². The van der Waals surface area contributed by atoms with E-state index in [1.54, 1.807) is 0 Å². The van der Waals surface area contributed by atoms with Crippen LogP contribution in [0, 0.1) is 0 Å². The van der Waals surface area contributed by atoms with Crippen molar-refractivity contribution >= 4 is 0 Å². The Balaban J connectivity index is 2.28. The number of nitrogens with zero attached hydrogens (tertiary/aromatic N) is 2. The van der Waals surface area contributed by atoms with Crippen molar-refractivity contribution in [3.63, 3.8) is 0 Å². The molecule has 3 nitrogen and oxygen atoms in total. The molecule has 1 atom stereocenters. The fourth-order valence-corrected chi connectivity index (χ4v) is 2.05. The van der Waals surface area contributed by atoms with Crippen LogP contribution in [0.1, 0.15) is 30.6 Å². The number of fused-ring (bicyclic) bond motifs is 1. The second kappa shape index (κ2) is 3.14. The first-order valence-electron chi connectivity index (χ1n) is 4.97. The Morgan fingerprint density at radius 1 is 1.54 bits per heavy atom. The molecule has 1 aliphatic carbocycles. The smallest absolute Gasteiger partial charge is 0.110 e. The predicted molar refractivity (Wildman–Crippen MR) is 52.6 cm³/mol. The first kappa shape index (κ1) is 8.75. The summed E-state index contributed by atoms with van der Waals surface area (Å²) in [5.74, 6) is 1.15. The lowest BCUT2D eigenvalue weighted by atomic mass is 10.2. The fraction of sp³-hybridized carbons (Fsp3) is 0.700. The van der Waals surface area contributed by atoms with Gasteiger partial charge in [0, 0.05) is 25.2 Å². The molecule has 13 heavy (non-hydrogen) atoms. The molecule has 0 radical (unpaired) electrons. The van der Waals surface area contributed by atoms with Crippen LogP contribution in [-0.2, 0) is 26.3 Å². The maximum absolute atomic E-state index is 5.76. The Bertz CT molecular complexity index is 312. The molecule has 0 fully saturated rings. The molecule has 0 aromatic carbocycles. The summed E-state index contributed by atoms with van der Waals surface area (Å²) >= 11 is 0. The van der Waals surface area contributed by atoms with Gasteiger partial charge in [-0.1, -0.05) is 0 Å². The van der Waals surface area contributed by atoms with E-state index < -0.39 is 0 Å². The SMILES string of the molecule is CC(N)Cc1nc2c(n1C)CCC2. The van der Waals surface area contributed by atoms with Gasteiger partial charge in [-0.05, 0) is 26.2 Å². The van der Waals surface area contributed by atoms with Gasteiger partial charge in [-0.25, -0.2) is 4.98 Å². The lowest BCUT2D eigenvalue weighted by Crippen LogP contribution is -2.20. The van der Waals surface area contributed by atoms with E-state index in [-0.39, 0.29) is 6.04 Å². The van der Waals surface area contributed by atoms with Crippen LogP contribution in [0.3, 0.4) is 0 Å². The summed E-state index contributed by atoms with van der Waals surface area (Å²) < 4.78 is 2.23. The third kappa shape index (κ3) is 1.48. The molecule has 0 bridgehead atoms. The highest BCUT2D eigenvalue weighted by Crippen LogP contribution is 2.21. The van der Waals surface area contributed by atoms with E-state index >= 15 is 0 Å². The summed E-state index contributed by atoms with van der Waals surface area (Å²) in [4.78, 5) is 4.61. The summed E-state index contributed by atoms with van der Waals surface area (Å²) in [6, 6.07) is 0.209.